The first kappa shape index (κ1) is 33.1. The highest BCUT2D eigenvalue weighted by Crippen LogP contribution is 2.23. The van der Waals surface area contributed by atoms with Crippen LogP contribution in [0.4, 0.5) is 18.9 Å². The highest BCUT2D eigenvalue weighted by molar-refractivity contribution is 7.92. The third kappa shape index (κ3) is 8.72. The standard InChI is InChI=1S/C23H26N6O5S.C2HF3O2/c1-14-8-13-19(22(31)29(14)20(21(24)30)15(2)34-27-23(25)26)28-35(32,33)18-11-9-17(10-12-18)16-6-4-3-5-7-16;3-2(4,5)1(6)7/h3-13,15,20,28H,1-2H3,(H2,24,30)(H4,25,26,27);(H,6,7). The third-order valence-electron chi connectivity index (χ3n) is 5.42. The van der Waals surface area contributed by atoms with Gasteiger partial charge in [0.2, 0.25) is 11.9 Å². The van der Waals surface area contributed by atoms with Gasteiger partial charge in [0.05, 0.1) is 4.90 Å². The van der Waals surface area contributed by atoms with E-state index in [9.17, 15) is 31.2 Å². The van der Waals surface area contributed by atoms with E-state index < -0.39 is 45.8 Å². The Morgan fingerprint density at radius 3 is 1.98 bits per heavy atom. The van der Waals surface area contributed by atoms with Crippen LogP contribution in [0.3, 0.4) is 0 Å². The summed E-state index contributed by atoms with van der Waals surface area (Å²) in [6.45, 7) is 3.00. The number of carbonyl (C=O) groups excluding carboxylic acids is 1. The lowest BCUT2D eigenvalue weighted by molar-refractivity contribution is -0.192. The van der Waals surface area contributed by atoms with Crippen LogP contribution in [-0.4, -0.2) is 48.2 Å². The van der Waals surface area contributed by atoms with E-state index in [0.717, 1.165) is 15.7 Å². The van der Waals surface area contributed by atoms with Crippen LogP contribution in [0, 0.1) is 6.92 Å². The lowest BCUT2D eigenvalue weighted by atomic mass is 10.1. The monoisotopic (exact) mass is 612 g/mol. The lowest BCUT2D eigenvalue weighted by Gasteiger charge is -2.24. The van der Waals surface area contributed by atoms with Crippen molar-refractivity contribution < 1.29 is 41.1 Å². The quantitative estimate of drug-likeness (QED) is 0.135. The fourth-order valence-corrected chi connectivity index (χ4v) is 4.56. The zero-order valence-electron chi connectivity index (χ0n) is 22.1. The average Bonchev–Trinajstić information content (AvgIpc) is 2.91. The second kappa shape index (κ2) is 13.5. The largest absolute Gasteiger partial charge is 0.490 e. The summed E-state index contributed by atoms with van der Waals surface area (Å²) in [5.74, 6) is -4.04. The number of halogens is 3. The van der Waals surface area contributed by atoms with Crippen LogP contribution < -0.4 is 27.5 Å². The molecule has 0 aliphatic rings. The van der Waals surface area contributed by atoms with E-state index in [1.807, 2.05) is 30.3 Å². The summed E-state index contributed by atoms with van der Waals surface area (Å²) >= 11 is 0. The normalized spacial score (nSPS) is 12.6. The first-order chi connectivity index (χ1) is 19.5. The lowest BCUT2D eigenvalue weighted by Crippen LogP contribution is -2.42. The first-order valence-corrected chi connectivity index (χ1v) is 13.2. The Bertz CT molecular complexity index is 1610. The van der Waals surface area contributed by atoms with E-state index in [0.29, 0.717) is 5.69 Å². The number of nitrogens with two attached hydrogens (primary N) is 3. The zero-order chi connectivity index (χ0) is 31.8. The number of benzene rings is 2. The molecule has 3 aromatic rings. The highest BCUT2D eigenvalue weighted by atomic mass is 32.2. The molecular formula is C25H27F3N6O7S. The van der Waals surface area contributed by atoms with Gasteiger partial charge in [-0.15, -0.1) is 0 Å². The molecule has 0 saturated heterocycles. The van der Waals surface area contributed by atoms with Crippen molar-refractivity contribution in [3.05, 3.63) is 82.8 Å². The first-order valence-electron chi connectivity index (χ1n) is 11.7. The van der Waals surface area contributed by atoms with Crippen molar-refractivity contribution in [1.29, 1.82) is 0 Å². The number of guanidine groups is 1. The number of carbonyl (C=O) groups is 2. The van der Waals surface area contributed by atoms with Crippen molar-refractivity contribution in [2.45, 2.75) is 37.1 Å². The predicted octanol–water partition coefficient (Wildman–Crippen LogP) is 1.88. The Hall–Kier alpha value is -5.06. The van der Waals surface area contributed by atoms with Gasteiger partial charge < -0.3 is 27.1 Å². The molecule has 0 aliphatic heterocycles. The molecule has 2 unspecified atom stereocenters. The summed E-state index contributed by atoms with van der Waals surface area (Å²) in [7, 11) is -4.12. The van der Waals surface area contributed by atoms with Crippen LogP contribution in [0.1, 0.15) is 18.7 Å². The van der Waals surface area contributed by atoms with Crippen molar-refractivity contribution in [2.75, 3.05) is 4.72 Å². The zero-order valence-corrected chi connectivity index (χ0v) is 22.9. The van der Waals surface area contributed by atoms with Crippen molar-refractivity contribution in [3.63, 3.8) is 0 Å². The number of primary amides is 1. The van der Waals surface area contributed by atoms with Crippen LogP contribution in [-0.2, 0) is 24.4 Å². The minimum Gasteiger partial charge on any atom is -0.475 e. The third-order valence-corrected chi connectivity index (χ3v) is 6.80. The fourth-order valence-electron chi connectivity index (χ4n) is 3.50. The van der Waals surface area contributed by atoms with Gasteiger partial charge in [-0.25, -0.2) is 13.2 Å². The van der Waals surface area contributed by atoms with Crippen LogP contribution in [0.15, 0.2) is 81.6 Å². The number of rotatable bonds is 9. The Kier molecular flexibility index (Phi) is 10.7. The van der Waals surface area contributed by atoms with E-state index >= 15 is 0 Å². The molecule has 1 amide bonds. The number of aryl methyl sites for hydroxylation is 1. The number of hydrogen-bond donors (Lipinski definition) is 5. The number of carboxylic acids is 1. The molecule has 226 valence electrons. The number of alkyl halides is 3. The Labute approximate surface area is 237 Å². The Morgan fingerprint density at radius 2 is 1.50 bits per heavy atom. The number of pyridine rings is 1. The van der Waals surface area contributed by atoms with E-state index in [2.05, 4.69) is 9.88 Å². The molecular weight excluding hydrogens is 585 g/mol. The average molecular weight is 613 g/mol. The van der Waals surface area contributed by atoms with Gasteiger partial charge in [0.15, 0.2) is 12.1 Å². The number of carboxylic acid groups (broad SMARTS) is 1. The van der Waals surface area contributed by atoms with Crippen molar-refractivity contribution >= 4 is 33.5 Å². The second-order valence-electron chi connectivity index (χ2n) is 8.54. The summed E-state index contributed by atoms with van der Waals surface area (Å²) in [6.07, 6.45) is -6.12. The number of anilines is 1. The van der Waals surface area contributed by atoms with Crippen molar-refractivity contribution in [2.24, 2.45) is 22.4 Å². The minimum atomic E-state index is -5.08. The number of hydrogen-bond acceptors (Lipinski definition) is 7. The van der Waals surface area contributed by atoms with Crippen molar-refractivity contribution in [1.82, 2.24) is 4.57 Å². The molecule has 0 fully saturated rings. The molecule has 13 nitrogen and oxygen atoms in total. The van der Waals surface area contributed by atoms with Crippen LogP contribution in [0.2, 0.25) is 0 Å². The van der Waals surface area contributed by atoms with E-state index in [1.54, 1.807) is 19.1 Å². The SMILES string of the molecule is Cc1ccc(NS(=O)(=O)c2ccc(-c3ccccc3)cc2)c(=O)n1C(C(N)=O)C(C)ON=C(N)N.O=C(O)C(F)(F)F. The summed E-state index contributed by atoms with van der Waals surface area (Å²) in [5, 5.41) is 10.5. The molecule has 1 aromatic heterocycles. The number of amides is 1. The summed E-state index contributed by atoms with van der Waals surface area (Å²) < 4.78 is 61.0. The van der Waals surface area contributed by atoms with Crippen LogP contribution in [0.5, 0.6) is 0 Å². The van der Waals surface area contributed by atoms with Gasteiger partial charge in [0.25, 0.3) is 15.6 Å². The molecule has 0 bridgehead atoms. The number of aliphatic carboxylic acids is 1. The molecule has 0 saturated carbocycles. The van der Waals surface area contributed by atoms with Gasteiger partial charge in [0, 0.05) is 5.69 Å². The van der Waals surface area contributed by atoms with Gasteiger partial charge in [-0.1, -0.05) is 42.5 Å². The number of nitrogens with zero attached hydrogens (tertiary/aromatic N) is 2. The molecule has 0 aliphatic carbocycles. The number of aromatic nitrogens is 1. The van der Waals surface area contributed by atoms with Gasteiger partial charge in [-0.2, -0.15) is 13.2 Å². The van der Waals surface area contributed by atoms with Gasteiger partial charge >= 0.3 is 12.1 Å². The minimum absolute atomic E-state index is 0.0420. The summed E-state index contributed by atoms with van der Waals surface area (Å²) in [6, 6.07) is 17.1. The topological polar surface area (TPSA) is 222 Å². The fraction of sp³-hybridized carbons (Fsp3) is 0.200. The van der Waals surface area contributed by atoms with Crippen LogP contribution in [0.25, 0.3) is 11.1 Å². The summed E-state index contributed by atoms with van der Waals surface area (Å²) in [4.78, 5) is 39.3. The van der Waals surface area contributed by atoms with Crippen LogP contribution >= 0.6 is 0 Å². The van der Waals surface area contributed by atoms with Gasteiger partial charge in [0.1, 0.15) is 5.69 Å². The molecule has 8 N–H and O–H groups in total. The Morgan fingerprint density at radius 1 is 0.976 bits per heavy atom. The number of oxime groups is 1. The Balaban J connectivity index is 0.000000782. The number of sulfonamides is 1. The van der Waals surface area contributed by atoms with E-state index in [4.69, 9.17) is 31.9 Å². The van der Waals surface area contributed by atoms with Crippen molar-refractivity contribution in [3.8, 4) is 11.1 Å². The van der Waals surface area contributed by atoms with Gasteiger partial charge in [-0.05, 0) is 54.4 Å². The molecule has 42 heavy (non-hydrogen) atoms. The van der Waals surface area contributed by atoms with E-state index in [1.165, 1.54) is 31.2 Å². The molecule has 17 heteroatoms. The smallest absolute Gasteiger partial charge is 0.475 e. The maximum atomic E-state index is 13.2. The highest BCUT2D eigenvalue weighted by Gasteiger charge is 2.38. The number of nitrogens with one attached hydrogen (secondary N) is 1. The predicted molar refractivity (Wildman–Crippen MR) is 146 cm³/mol. The molecule has 0 radical (unpaired) electrons. The summed E-state index contributed by atoms with van der Waals surface area (Å²) in [5.41, 5.74) is 17.1. The maximum absolute atomic E-state index is 13.2. The molecule has 2 atom stereocenters. The molecule has 2 aromatic carbocycles. The molecule has 0 spiro atoms. The molecule has 1 heterocycles. The maximum Gasteiger partial charge on any atom is 0.490 e. The second-order valence-corrected chi connectivity index (χ2v) is 10.2. The molecule has 3 rings (SSSR count). The van der Waals surface area contributed by atoms with Gasteiger partial charge in [-0.3, -0.25) is 18.9 Å². The van der Waals surface area contributed by atoms with E-state index in [-0.39, 0.29) is 16.5 Å².